The van der Waals surface area contributed by atoms with Crippen LogP contribution in [0.5, 0.6) is 5.75 Å². The molecule has 3 rings (SSSR count). The maximum atomic E-state index is 12.6. The van der Waals surface area contributed by atoms with Crippen molar-refractivity contribution in [2.24, 2.45) is 0 Å². The van der Waals surface area contributed by atoms with Crippen molar-refractivity contribution in [3.63, 3.8) is 0 Å². The van der Waals surface area contributed by atoms with E-state index < -0.39 is 0 Å². The van der Waals surface area contributed by atoms with Gasteiger partial charge < -0.3 is 9.64 Å². The lowest BCUT2D eigenvalue weighted by Crippen LogP contribution is -2.48. The summed E-state index contributed by atoms with van der Waals surface area (Å²) in [4.78, 5) is 16.9. The van der Waals surface area contributed by atoms with Crippen molar-refractivity contribution in [3.05, 3.63) is 64.2 Å². The molecule has 0 radical (unpaired) electrons. The fourth-order valence-electron chi connectivity index (χ4n) is 3.35. The van der Waals surface area contributed by atoms with Crippen LogP contribution in [-0.2, 0) is 17.8 Å². The van der Waals surface area contributed by atoms with E-state index >= 15 is 0 Å². The lowest BCUT2D eigenvalue weighted by atomic mass is 10.1. The van der Waals surface area contributed by atoms with Gasteiger partial charge in [-0.2, -0.15) is 0 Å². The number of methoxy groups -OCH3 is 1. The van der Waals surface area contributed by atoms with E-state index in [-0.39, 0.29) is 5.91 Å². The van der Waals surface area contributed by atoms with Gasteiger partial charge in [-0.3, -0.25) is 9.69 Å². The van der Waals surface area contributed by atoms with E-state index in [1.165, 1.54) is 5.56 Å². The minimum atomic E-state index is 0.208. The second-order valence-electron chi connectivity index (χ2n) is 6.72. The summed E-state index contributed by atoms with van der Waals surface area (Å²) in [5.41, 5.74) is 3.37. The zero-order valence-electron chi connectivity index (χ0n) is 15.4. The van der Waals surface area contributed by atoms with Crippen LogP contribution in [0, 0.1) is 6.92 Å². The van der Waals surface area contributed by atoms with Gasteiger partial charge >= 0.3 is 0 Å². The van der Waals surface area contributed by atoms with Crippen LogP contribution in [0.15, 0.2) is 42.5 Å². The Morgan fingerprint density at radius 3 is 2.50 bits per heavy atom. The van der Waals surface area contributed by atoms with Crippen molar-refractivity contribution < 1.29 is 9.53 Å². The normalized spacial score (nSPS) is 15.1. The van der Waals surface area contributed by atoms with Crippen molar-refractivity contribution >= 4 is 17.5 Å². The first-order valence-corrected chi connectivity index (χ1v) is 9.31. The van der Waals surface area contributed by atoms with Crippen LogP contribution in [0.4, 0.5) is 0 Å². The molecule has 1 heterocycles. The van der Waals surface area contributed by atoms with Gasteiger partial charge in [-0.1, -0.05) is 35.9 Å². The third-order valence-corrected chi connectivity index (χ3v) is 5.20. The highest BCUT2D eigenvalue weighted by atomic mass is 35.5. The molecule has 0 aromatic heterocycles. The number of halogens is 1. The molecule has 1 fully saturated rings. The Kier molecular flexibility index (Phi) is 6.17. The van der Waals surface area contributed by atoms with Gasteiger partial charge in [-0.25, -0.2) is 0 Å². The molecular formula is C21H25ClN2O2. The molecule has 2 aromatic carbocycles. The summed E-state index contributed by atoms with van der Waals surface area (Å²) in [5, 5.41) is 0.716. The highest BCUT2D eigenvalue weighted by molar-refractivity contribution is 6.30. The predicted octanol–water partition coefficient (Wildman–Crippen LogP) is 3.54. The number of piperazine rings is 1. The molecule has 0 bridgehead atoms. The largest absolute Gasteiger partial charge is 0.496 e. The Bertz CT molecular complexity index is 770. The lowest BCUT2D eigenvalue weighted by Gasteiger charge is -2.35. The van der Waals surface area contributed by atoms with Gasteiger partial charge in [0.1, 0.15) is 5.75 Å². The lowest BCUT2D eigenvalue weighted by molar-refractivity contribution is -0.132. The Morgan fingerprint density at radius 1 is 1.08 bits per heavy atom. The molecule has 138 valence electrons. The van der Waals surface area contributed by atoms with Crippen LogP contribution in [0.25, 0.3) is 0 Å². The maximum absolute atomic E-state index is 12.6. The summed E-state index contributed by atoms with van der Waals surface area (Å²) in [5.74, 6) is 1.06. The van der Waals surface area contributed by atoms with Gasteiger partial charge in [0.25, 0.3) is 0 Å². The number of aryl methyl sites for hydroxylation is 1. The molecule has 0 spiro atoms. The summed E-state index contributed by atoms with van der Waals surface area (Å²) in [6.07, 6.45) is 0.481. The van der Waals surface area contributed by atoms with Gasteiger partial charge in [0.2, 0.25) is 5.91 Å². The van der Waals surface area contributed by atoms with Crippen LogP contribution < -0.4 is 4.74 Å². The predicted molar refractivity (Wildman–Crippen MR) is 105 cm³/mol. The van der Waals surface area contributed by atoms with Gasteiger partial charge in [-0.15, -0.1) is 0 Å². The summed E-state index contributed by atoms with van der Waals surface area (Å²) >= 11 is 6.12. The molecule has 26 heavy (non-hydrogen) atoms. The molecule has 0 N–H and O–H groups in total. The zero-order valence-corrected chi connectivity index (χ0v) is 16.1. The molecule has 1 aliphatic heterocycles. The first kappa shape index (κ1) is 18.7. The second kappa shape index (κ2) is 8.56. The summed E-state index contributed by atoms with van der Waals surface area (Å²) < 4.78 is 5.43. The van der Waals surface area contributed by atoms with E-state index in [0.29, 0.717) is 11.4 Å². The number of hydrogen-bond donors (Lipinski definition) is 0. The molecule has 0 aliphatic carbocycles. The van der Waals surface area contributed by atoms with E-state index in [2.05, 4.69) is 17.9 Å². The number of ether oxygens (including phenoxy) is 1. The molecule has 0 atom stereocenters. The summed E-state index contributed by atoms with van der Waals surface area (Å²) in [7, 11) is 1.68. The van der Waals surface area contributed by atoms with E-state index in [1.54, 1.807) is 7.11 Å². The van der Waals surface area contributed by atoms with Crippen LogP contribution in [-0.4, -0.2) is 49.0 Å². The molecule has 0 unspecified atom stereocenters. The van der Waals surface area contributed by atoms with Gasteiger partial charge in [0.15, 0.2) is 0 Å². The highest BCUT2D eigenvalue weighted by Gasteiger charge is 2.22. The molecular weight excluding hydrogens is 348 g/mol. The van der Waals surface area contributed by atoms with Crippen molar-refractivity contribution in [2.75, 3.05) is 33.3 Å². The Morgan fingerprint density at radius 2 is 1.81 bits per heavy atom. The number of nitrogens with zero attached hydrogens (tertiary/aromatic N) is 2. The smallest absolute Gasteiger partial charge is 0.227 e. The highest BCUT2D eigenvalue weighted by Crippen LogP contribution is 2.24. The van der Waals surface area contributed by atoms with Crippen LogP contribution in [0.3, 0.4) is 0 Å². The Hall–Kier alpha value is -2.04. The van der Waals surface area contributed by atoms with Crippen LogP contribution in [0.2, 0.25) is 5.02 Å². The van der Waals surface area contributed by atoms with Gasteiger partial charge in [-0.05, 0) is 36.2 Å². The zero-order chi connectivity index (χ0) is 18.5. The van der Waals surface area contributed by atoms with Crippen molar-refractivity contribution in [3.8, 4) is 5.75 Å². The fraction of sp³-hybridized carbons (Fsp3) is 0.381. The first-order valence-electron chi connectivity index (χ1n) is 8.94. The molecule has 5 heteroatoms. The molecule has 1 aliphatic rings. The minimum Gasteiger partial charge on any atom is -0.496 e. The van der Waals surface area contributed by atoms with Crippen LogP contribution in [0.1, 0.15) is 16.7 Å². The number of hydrogen-bond acceptors (Lipinski definition) is 3. The SMILES string of the molecule is COc1ccc(Cl)cc1CN1CCN(C(=O)Cc2ccccc2C)CC1. The molecule has 1 amide bonds. The number of rotatable bonds is 5. The third-order valence-electron chi connectivity index (χ3n) is 4.96. The number of amides is 1. The second-order valence-corrected chi connectivity index (χ2v) is 7.15. The monoisotopic (exact) mass is 372 g/mol. The number of benzene rings is 2. The van der Waals surface area contributed by atoms with Crippen LogP contribution >= 0.6 is 11.6 Å². The van der Waals surface area contributed by atoms with E-state index in [4.69, 9.17) is 16.3 Å². The summed E-state index contributed by atoms with van der Waals surface area (Å²) in [6.45, 7) is 6.06. The van der Waals surface area contributed by atoms with Crippen molar-refractivity contribution in [2.45, 2.75) is 19.9 Å². The standard InChI is InChI=1S/C21H25ClN2O2/c1-16-5-3-4-6-17(16)14-21(25)24-11-9-23(10-12-24)15-18-13-19(22)7-8-20(18)26-2/h3-8,13H,9-12,14-15H2,1-2H3. The average Bonchev–Trinajstić information content (AvgIpc) is 2.64. The number of carbonyl (C=O) groups is 1. The topological polar surface area (TPSA) is 32.8 Å². The van der Waals surface area contributed by atoms with Crippen molar-refractivity contribution in [1.82, 2.24) is 9.80 Å². The van der Waals surface area contributed by atoms with E-state index in [9.17, 15) is 4.79 Å². The minimum absolute atomic E-state index is 0.208. The fourth-order valence-corrected chi connectivity index (χ4v) is 3.54. The average molecular weight is 373 g/mol. The van der Waals surface area contributed by atoms with Gasteiger partial charge in [0, 0.05) is 43.3 Å². The summed E-state index contributed by atoms with van der Waals surface area (Å²) in [6, 6.07) is 13.8. The molecule has 1 saturated heterocycles. The first-order chi connectivity index (χ1) is 12.6. The molecule has 2 aromatic rings. The van der Waals surface area contributed by atoms with Crippen molar-refractivity contribution in [1.29, 1.82) is 0 Å². The Labute approximate surface area is 160 Å². The molecule has 4 nitrogen and oxygen atoms in total. The van der Waals surface area contributed by atoms with Gasteiger partial charge in [0.05, 0.1) is 13.5 Å². The third kappa shape index (κ3) is 4.57. The van der Waals surface area contributed by atoms with E-state index in [1.807, 2.05) is 41.3 Å². The number of carbonyl (C=O) groups excluding carboxylic acids is 1. The maximum Gasteiger partial charge on any atom is 0.227 e. The van der Waals surface area contributed by atoms with E-state index in [0.717, 1.165) is 49.6 Å². The Balaban J connectivity index is 1.55. The quantitative estimate of drug-likeness (QED) is 0.804. The molecule has 0 saturated carbocycles.